The van der Waals surface area contributed by atoms with Gasteiger partial charge in [-0.1, -0.05) is 92.1 Å². The molecule has 2 aromatic rings. The van der Waals surface area contributed by atoms with Crippen molar-refractivity contribution in [2.24, 2.45) is 87.3 Å². The van der Waals surface area contributed by atoms with Gasteiger partial charge in [-0.15, -0.1) is 0 Å². The van der Waals surface area contributed by atoms with Crippen LogP contribution in [0.5, 0.6) is 0 Å². The normalized spacial score (nSPS) is 50.1. The topological polar surface area (TPSA) is 177 Å². The molecule has 0 aromatic heterocycles. The van der Waals surface area contributed by atoms with E-state index in [1.807, 2.05) is 25.2 Å². The zero-order valence-corrected chi connectivity index (χ0v) is 44.0. The summed E-state index contributed by atoms with van der Waals surface area (Å²) >= 11 is 0. The molecule has 2 aromatic carbocycles. The van der Waals surface area contributed by atoms with Crippen LogP contribution in [0.15, 0.2) is 72.3 Å². The third kappa shape index (κ3) is 6.47. The van der Waals surface area contributed by atoms with Gasteiger partial charge in [0.15, 0.2) is 0 Å². The third-order valence-corrected chi connectivity index (χ3v) is 25.4. The third-order valence-electron chi connectivity index (χ3n) is 25.4. The molecule has 75 heavy (non-hydrogen) atoms. The molecule has 15 rings (SSSR count). The van der Waals surface area contributed by atoms with Crippen LogP contribution in [0.4, 0.5) is 0 Å². The number of aliphatic hydroxyl groups is 6. The fourth-order valence-electron chi connectivity index (χ4n) is 22.7. The van der Waals surface area contributed by atoms with Crippen LogP contribution in [0, 0.1) is 99.1 Å². The minimum absolute atomic E-state index is 0.0288. The molecule has 2 spiro atoms. The Morgan fingerprint density at radius 2 is 1.61 bits per heavy atom. The van der Waals surface area contributed by atoms with Crippen LogP contribution in [0.2, 0.25) is 0 Å². The number of hydrogen-bond donors (Lipinski definition) is 7. The van der Waals surface area contributed by atoms with Gasteiger partial charge in [0.05, 0.1) is 29.8 Å². The van der Waals surface area contributed by atoms with Crippen molar-refractivity contribution in [1.29, 1.82) is 0 Å². The lowest BCUT2D eigenvalue weighted by Crippen LogP contribution is -2.86. The van der Waals surface area contributed by atoms with E-state index in [1.54, 1.807) is 6.08 Å². The quantitative estimate of drug-likeness (QED) is 0.0676. The molecule has 22 atom stereocenters. The van der Waals surface area contributed by atoms with Crippen molar-refractivity contribution < 1.29 is 45.0 Å². The number of carbonyl (C=O) groups excluding carboxylic acids is 2. The Labute approximate surface area is 443 Å². The van der Waals surface area contributed by atoms with Crippen LogP contribution in [-0.4, -0.2) is 91.1 Å². The van der Waals surface area contributed by atoms with Crippen LogP contribution >= 0.6 is 0 Å². The molecule has 7 N–H and O–H groups in total. The molecule has 12 aliphatic carbocycles. The van der Waals surface area contributed by atoms with Gasteiger partial charge in [0.1, 0.15) is 23.6 Å². The maximum atomic E-state index is 15.4. The maximum Gasteiger partial charge on any atom is 0.331 e. The highest BCUT2D eigenvalue weighted by Crippen LogP contribution is 2.80. The SMILES string of the molecule is CN[C@@H]1Cc2c(cccc2CO)C#CCC[C@]23CC[C@H]4[C@@](O)([C@@H](O)[C@@H]5C[C@@H]6[C@H](C=CC[C@H]6C6CCCC6)C[C@@H]6[C@@H](O)[C@]7(CC[C@H]8C[C@@H](c9ccccc9)CC[C@H]87)C[C@@]4(C=O)[C@@]65O)[C@@]2(O)C[C@H]2C[C@H]1[C@@H]1OC(=O)C=C1[C@@H]23. The minimum atomic E-state index is -2.24. The summed E-state index contributed by atoms with van der Waals surface area (Å²) in [7, 11) is 1.93. The zero-order chi connectivity index (χ0) is 51.4. The molecule has 1 heterocycles. The van der Waals surface area contributed by atoms with Crippen LogP contribution in [0.25, 0.3) is 0 Å². The first-order valence-corrected chi connectivity index (χ1v) is 29.8. The van der Waals surface area contributed by atoms with Gasteiger partial charge in [-0.05, 0) is 185 Å². The minimum Gasteiger partial charge on any atom is -0.454 e. The van der Waals surface area contributed by atoms with Crippen LogP contribution in [-0.2, 0) is 27.4 Å². The maximum absolute atomic E-state index is 15.4. The largest absolute Gasteiger partial charge is 0.454 e. The number of fused-ring (bicyclic) bond motifs is 9. The van der Waals surface area contributed by atoms with E-state index in [-0.39, 0.29) is 67.4 Å². The Morgan fingerprint density at radius 1 is 0.800 bits per heavy atom. The molecule has 0 amide bonds. The number of aliphatic hydroxyl groups excluding tert-OH is 3. The number of carbonyl (C=O) groups is 2. The summed E-state index contributed by atoms with van der Waals surface area (Å²) in [6.07, 6.45) is 18.3. The van der Waals surface area contributed by atoms with Gasteiger partial charge in [0.25, 0.3) is 0 Å². The molecule has 0 radical (unpaired) electrons. The van der Waals surface area contributed by atoms with Gasteiger partial charge in [-0.2, -0.15) is 0 Å². The molecule has 0 saturated heterocycles. The second-order valence-corrected chi connectivity index (χ2v) is 27.3. The lowest BCUT2D eigenvalue weighted by atomic mass is 9.32. The number of nitrogens with one attached hydrogen (secondary N) is 1. The van der Waals surface area contributed by atoms with Crippen molar-refractivity contribution in [2.45, 2.75) is 182 Å². The van der Waals surface area contributed by atoms with E-state index < -0.39 is 75.1 Å². The monoisotopic (exact) mass is 1020 g/mol. The summed E-state index contributed by atoms with van der Waals surface area (Å²) in [5.41, 5.74) is -4.60. The van der Waals surface area contributed by atoms with Gasteiger partial charge in [-0.25, -0.2) is 4.79 Å². The number of aldehydes is 1. The number of likely N-dealkylation sites (N-methyl/N-ethyl adjacent to an activating group) is 1. The summed E-state index contributed by atoms with van der Waals surface area (Å²) in [5, 5.41) is 86.3. The molecule has 1 aliphatic heterocycles. The van der Waals surface area contributed by atoms with Crippen molar-refractivity contribution in [3.63, 3.8) is 0 Å². The number of allylic oxidation sites excluding steroid dienone is 2. The zero-order valence-electron chi connectivity index (χ0n) is 44.0. The van der Waals surface area contributed by atoms with Crippen molar-refractivity contribution in [3.8, 4) is 11.8 Å². The average molecular weight is 1020 g/mol. The Balaban J connectivity index is 0.941. The highest BCUT2D eigenvalue weighted by molar-refractivity contribution is 5.86. The lowest BCUT2D eigenvalue weighted by Gasteiger charge is -2.75. The second-order valence-electron chi connectivity index (χ2n) is 27.3. The van der Waals surface area contributed by atoms with E-state index >= 15 is 4.79 Å². The first-order chi connectivity index (χ1) is 36.3. The molecule has 13 aliphatic rings. The van der Waals surface area contributed by atoms with Gasteiger partial charge >= 0.3 is 5.97 Å². The van der Waals surface area contributed by atoms with Crippen molar-refractivity contribution >= 4 is 12.3 Å². The smallest absolute Gasteiger partial charge is 0.331 e. The Hall–Kier alpha value is -3.66. The fourth-order valence-corrected chi connectivity index (χ4v) is 22.7. The fraction of sp³-hybridized carbons (Fsp3) is 0.692. The predicted molar refractivity (Wildman–Crippen MR) is 282 cm³/mol. The van der Waals surface area contributed by atoms with Gasteiger partial charge in [0.2, 0.25) is 0 Å². The number of hydrogen-bond acceptors (Lipinski definition) is 10. The highest BCUT2D eigenvalue weighted by Gasteiger charge is 2.87. The van der Waals surface area contributed by atoms with Crippen LogP contribution < -0.4 is 5.32 Å². The molecule has 400 valence electrons. The van der Waals surface area contributed by atoms with E-state index in [0.29, 0.717) is 68.6 Å². The standard InChI is InChI=1S/C65H81NO9/c1-66-53-31-46-39(16-9-18-43(46)34-67)15-7-8-24-61-26-23-54-62(36-68)35-60(25-22-42-27-40(20-21-50(42)60)37-11-3-2-4-12-37)58(70)51-29-41-17-10-19-45(38-13-5-6-14-38)47(41)30-52(64(51,62)73)59(71)65(54,74)63(61,72)33-44-28-48(53)57-49(56(44)61)32-55(69)75-57/h2-4,9-12,16-18,32,36,38,40-42,44-45,47-48,50-54,56-59,66-67,70-74H,5-6,8,13-14,19-31,33-35H2,1H3/t40-,41+,42-,44+,45-,47+,48+,50+,51+,52-,53+,54+,56+,57-,58+,59-,60+,61+,62-,63+,64+,65+/m0/s1. The summed E-state index contributed by atoms with van der Waals surface area (Å²) < 4.78 is 6.37. The average Bonchev–Trinajstić information content (AvgIpc) is 4.06. The lowest BCUT2D eigenvalue weighted by molar-refractivity contribution is -0.385. The van der Waals surface area contributed by atoms with Crippen molar-refractivity contribution in [2.75, 3.05) is 7.05 Å². The molecular formula is C65H81NO9. The van der Waals surface area contributed by atoms with E-state index in [4.69, 9.17) is 4.74 Å². The van der Waals surface area contributed by atoms with E-state index in [1.165, 1.54) is 18.4 Å². The molecule has 10 nitrogen and oxygen atoms in total. The number of benzene rings is 2. The van der Waals surface area contributed by atoms with Crippen molar-refractivity contribution in [3.05, 3.63) is 94.6 Å². The predicted octanol–water partition coefficient (Wildman–Crippen LogP) is 7.88. The first-order valence-electron chi connectivity index (χ1n) is 29.8. The number of ether oxygens (including phenoxy) is 1. The Bertz CT molecular complexity index is 2740. The summed E-state index contributed by atoms with van der Waals surface area (Å²) in [5.74, 6) is 4.85. The molecule has 0 unspecified atom stereocenters. The summed E-state index contributed by atoms with van der Waals surface area (Å²) in [6.45, 7) is -0.132. The Morgan fingerprint density at radius 3 is 2.40 bits per heavy atom. The molecule has 10 heteroatoms. The van der Waals surface area contributed by atoms with Crippen molar-refractivity contribution in [1.82, 2.24) is 5.32 Å². The number of esters is 1. The Kier molecular flexibility index (Phi) is 11.7. The molecular weight excluding hydrogens is 939 g/mol. The van der Waals surface area contributed by atoms with Crippen LogP contribution in [0.3, 0.4) is 0 Å². The van der Waals surface area contributed by atoms with E-state index in [9.17, 15) is 35.4 Å². The van der Waals surface area contributed by atoms with E-state index in [2.05, 4.69) is 59.6 Å². The highest BCUT2D eigenvalue weighted by atomic mass is 16.5. The molecule has 4 bridgehead atoms. The van der Waals surface area contributed by atoms with Gasteiger partial charge in [0, 0.05) is 58.6 Å². The summed E-state index contributed by atoms with van der Waals surface area (Å²) in [4.78, 5) is 29.2. The summed E-state index contributed by atoms with van der Waals surface area (Å²) in [6, 6.07) is 16.5. The molecule has 9 saturated carbocycles. The van der Waals surface area contributed by atoms with Gasteiger partial charge in [-0.3, -0.25) is 0 Å². The van der Waals surface area contributed by atoms with Crippen LogP contribution in [0.1, 0.15) is 150 Å². The van der Waals surface area contributed by atoms with Gasteiger partial charge < -0.3 is 45.5 Å². The number of rotatable bonds is 5. The second kappa shape index (κ2) is 17.7. The first kappa shape index (κ1) is 49.6. The van der Waals surface area contributed by atoms with E-state index in [0.717, 1.165) is 79.9 Å². The molecule has 9 fully saturated rings.